The van der Waals surface area contributed by atoms with E-state index >= 15 is 0 Å². The summed E-state index contributed by atoms with van der Waals surface area (Å²) >= 11 is 0. The largest absolute Gasteiger partial charge is 0.294 e. The lowest BCUT2D eigenvalue weighted by Crippen LogP contribution is -2.02. The van der Waals surface area contributed by atoms with Crippen molar-refractivity contribution < 1.29 is 4.79 Å². The van der Waals surface area contributed by atoms with Crippen LogP contribution in [0.1, 0.15) is 39.0 Å². The smallest absolute Gasteiger partial charge is 0.163 e. The van der Waals surface area contributed by atoms with Crippen molar-refractivity contribution in [3.63, 3.8) is 0 Å². The fraction of sp³-hybridized carbons (Fsp3) is 0.278. The first-order chi connectivity index (χ1) is 9.08. The summed E-state index contributed by atoms with van der Waals surface area (Å²) in [6.45, 7) is 6.25. The van der Waals surface area contributed by atoms with E-state index in [-0.39, 0.29) is 5.78 Å². The van der Waals surface area contributed by atoms with Crippen molar-refractivity contribution >= 4 is 5.78 Å². The highest BCUT2D eigenvalue weighted by Gasteiger charge is 2.08. The minimum absolute atomic E-state index is 0.226. The molecule has 0 aliphatic heterocycles. The predicted molar refractivity (Wildman–Crippen MR) is 79.7 cm³/mol. The molecule has 1 nitrogen and oxygen atoms in total. The van der Waals surface area contributed by atoms with E-state index in [1.54, 1.807) is 0 Å². The average molecular weight is 252 g/mol. The molecule has 0 unspecified atom stereocenters. The molecule has 0 aromatic heterocycles. The van der Waals surface area contributed by atoms with Crippen LogP contribution in [-0.2, 0) is 6.42 Å². The van der Waals surface area contributed by atoms with Gasteiger partial charge in [0.05, 0.1) is 0 Å². The molecule has 0 atom stereocenters. The Bertz CT molecular complexity index is 596. The van der Waals surface area contributed by atoms with Gasteiger partial charge in [-0.2, -0.15) is 0 Å². The molecule has 1 heteroatoms. The van der Waals surface area contributed by atoms with Crippen LogP contribution in [0.5, 0.6) is 0 Å². The Balaban J connectivity index is 2.07. The molecule has 0 amide bonds. The highest BCUT2D eigenvalue weighted by atomic mass is 16.1. The molecule has 0 spiro atoms. The first-order valence-electron chi connectivity index (χ1n) is 6.73. The number of carbonyl (C=O) groups is 1. The third kappa shape index (κ3) is 3.31. The molecule has 0 aliphatic rings. The Morgan fingerprint density at radius 1 is 1.00 bits per heavy atom. The van der Waals surface area contributed by atoms with Crippen molar-refractivity contribution in [2.45, 2.75) is 33.6 Å². The summed E-state index contributed by atoms with van der Waals surface area (Å²) in [5.41, 5.74) is 5.84. The maximum atomic E-state index is 12.2. The second kappa shape index (κ2) is 5.83. The fourth-order valence-electron chi connectivity index (χ4n) is 2.29. The van der Waals surface area contributed by atoms with E-state index in [1.165, 1.54) is 16.7 Å². The number of benzene rings is 2. The summed E-state index contributed by atoms with van der Waals surface area (Å²) in [5.74, 6) is 0.226. The van der Waals surface area contributed by atoms with Crippen molar-refractivity contribution in [2.24, 2.45) is 0 Å². The van der Waals surface area contributed by atoms with Gasteiger partial charge in [0.2, 0.25) is 0 Å². The van der Waals surface area contributed by atoms with Crippen LogP contribution in [0.15, 0.2) is 42.5 Å². The third-order valence-electron chi connectivity index (χ3n) is 3.68. The Kier molecular flexibility index (Phi) is 4.16. The van der Waals surface area contributed by atoms with Crippen molar-refractivity contribution in [1.82, 2.24) is 0 Å². The van der Waals surface area contributed by atoms with Crippen molar-refractivity contribution in [1.29, 1.82) is 0 Å². The van der Waals surface area contributed by atoms with E-state index in [1.807, 2.05) is 31.2 Å². The van der Waals surface area contributed by atoms with Gasteiger partial charge in [-0.25, -0.2) is 0 Å². The number of aryl methyl sites for hydroxylation is 3. The van der Waals surface area contributed by atoms with Gasteiger partial charge < -0.3 is 0 Å². The van der Waals surface area contributed by atoms with E-state index in [0.717, 1.165) is 17.5 Å². The highest BCUT2D eigenvalue weighted by Crippen LogP contribution is 2.16. The van der Waals surface area contributed by atoms with Gasteiger partial charge in [0.1, 0.15) is 0 Å². The second-order valence-corrected chi connectivity index (χ2v) is 5.15. The normalized spacial score (nSPS) is 10.5. The number of ketones is 1. The van der Waals surface area contributed by atoms with Crippen LogP contribution in [0, 0.1) is 20.8 Å². The quantitative estimate of drug-likeness (QED) is 0.736. The summed E-state index contributed by atoms with van der Waals surface area (Å²) in [7, 11) is 0. The molecular formula is C18H20O. The summed E-state index contributed by atoms with van der Waals surface area (Å²) in [4.78, 5) is 12.2. The standard InChI is InChI=1S/C18H20O/c1-13-6-4-9-17(12-13)18(19)11-10-16-8-5-7-14(2)15(16)3/h4-9,12H,10-11H2,1-3H3. The first-order valence-corrected chi connectivity index (χ1v) is 6.73. The van der Waals surface area contributed by atoms with Crippen molar-refractivity contribution in [2.75, 3.05) is 0 Å². The zero-order valence-corrected chi connectivity index (χ0v) is 11.9. The molecule has 0 bridgehead atoms. The van der Waals surface area contributed by atoms with Crippen LogP contribution < -0.4 is 0 Å². The lowest BCUT2D eigenvalue weighted by atomic mass is 9.97. The van der Waals surface area contributed by atoms with Crippen molar-refractivity contribution in [3.8, 4) is 0 Å². The molecule has 0 N–H and O–H groups in total. The third-order valence-corrected chi connectivity index (χ3v) is 3.68. The predicted octanol–water partition coefficient (Wildman–Crippen LogP) is 4.43. The van der Waals surface area contributed by atoms with Crippen LogP contribution in [-0.4, -0.2) is 5.78 Å². The van der Waals surface area contributed by atoms with Crippen LogP contribution in [0.25, 0.3) is 0 Å². The van der Waals surface area contributed by atoms with Crippen LogP contribution in [0.4, 0.5) is 0 Å². The van der Waals surface area contributed by atoms with E-state index in [2.05, 4.69) is 32.0 Å². The molecule has 98 valence electrons. The monoisotopic (exact) mass is 252 g/mol. The lowest BCUT2D eigenvalue weighted by molar-refractivity contribution is 0.0982. The maximum absolute atomic E-state index is 12.2. The molecule has 0 saturated heterocycles. The molecule has 0 fully saturated rings. The van der Waals surface area contributed by atoms with Crippen LogP contribution in [0.3, 0.4) is 0 Å². The highest BCUT2D eigenvalue weighted by molar-refractivity contribution is 5.96. The van der Waals surface area contributed by atoms with Crippen molar-refractivity contribution in [3.05, 3.63) is 70.3 Å². The second-order valence-electron chi connectivity index (χ2n) is 5.15. The Hall–Kier alpha value is -1.89. The van der Waals surface area contributed by atoms with Gasteiger partial charge in [0, 0.05) is 12.0 Å². The summed E-state index contributed by atoms with van der Waals surface area (Å²) < 4.78 is 0. The van der Waals surface area contributed by atoms with Gasteiger partial charge in [-0.1, -0.05) is 42.0 Å². The van der Waals surface area contributed by atoms with Gasteiger partial charge >= 0.3 is 0 Å². The van der Waals surface area contributed by atoms with Gasteiger partial charge in [-0.3, -0.25) is 4.79 Å². The van der Waals surface area contributed by atoms with E-state index in [0.29, 0.717) is 6.42 Å². The molecule has 2 aromatic rings. The summed E-state index contributed by atoms with van der Waals surface area (Å²) in [6.07, 6.45) is 1.40. The van der Waals surface area contributed by atoms with Gasteiger partial charge in [0.25, 0.3) is 0 Å². The minimum atomic E-state index is 0.226. The van der Waals surface area contributed by atoms with Gasteiger partial charge in [0.15, 0.2) is 5.78 Å². The molecule has 0 aliphatic carbocycles. The average Bonchev–Trinajstić information content (AvgIpc) is 2.40. The molecule has 0 saturated carbocycles. The lowest BCUT2D eigenvalue weighted by Gasteiger charge is -2.08. The Morgan fingerprint density at radius 3 is 2.47 bits per heavy atom. The van der Waals surface area contributed by atoms with Gasteiger partial charge in [-0.15, -0.1) is 0 Å². The van der Waals surface area contributed by atoms with E-state index < -0.39 is 0 Å². The molecule has 0 radical (unpaired) electrons. The van der Waals surface area contributed by atoms with E-state index in [9.17, 15) is 4.79 Å². The number of Topliss-reactive ketones (excluding diaryl/α,β-unsaturated/α-hetero) is 1. The fourth-order valence-corrected chi connectivity index (χ4v) is 2.29. The molecular weight excluding hydrogens is 232 g/mol. The molecule has 2 aromatic carbocycles. The summed E-state index contributed by atoms with van der Waals surface area (Å²) in [6, 6.07) is 14.1. The number of hydrogen-bond acceptors (Lipinski definition) is 1. The SMILES string of the molecule is Cc1cccc(C(=O)CCc2cccc(C)c2C)c1. The molecule has 19 heavy (non-hydrogen) atoms. The maximum Gasteiger partial charge on any atom is 0.163 e. The summed E-state index contributed by atoms with van der Waals surface area (Å²) in [5, 5.41) is 0. The topological polar surface area (TPSA) is 17.1 Å². The number of carbonyl (C=O) groups excluding carboxylic acids is 1. The van der Waals surface area contributed by atoms with E-state index in [4.69, 9.17) is 0 Å². The zero-order chi connectivity index (χ0) is 13.8. The molecule has 0 heterocycles. The van der Waals surface area contributed by atoms with Crippen LogP contribution >= 0.6 is 0 Å². The number of rotatable bonds is 4. The van der Waals surface area contributed by atoms with Gasteiger partial charge in [-0.05, 0) is 49.9 Å². The van der Waals surface area contributed by atoms with Crippen LogP contribution in [0.2, 0.25) is 0 Å². The first kappa shape index (κ1) is 13.5. The zero-order valence-electron chi connectivity index (χ0n) is 11.9. The minimum Gasteiger partial charge on any atom is -0.294 e. The number of hydrogen-bond donors (Lipinski definition) is 0. The Morgan fingerprint density at radius 2 is 1.74 bits per heavy atom. The Labute approximate surface area is 115 Å². The molecule has 2 rings (SSSR count).